The van der Waals surface area contributed by atoms with E-state index in [2.05, 4.69) is 12.5 Å². The lowest BCUT2D eigenvalue weighted by Gasteiger charge is -1.95. The van der Waals surface area contributed by atoms with Crippen LogP contribution in [0.25, 0.3) is 0 Å². The second kappa shape index (κ2) is 3.02. The fourth-order valence-electron chi connectivity index (χ4n) is 0.287. The zero-order valence-electron chi connectivity index (χ0n) is 5.82. The molecule has 2 heteroatoms. The van der Waals surface area contributed by atoms with Crippen LogP contribution < -0.4 is 0 Å². The maximum absolute atomic E-state index is 10.6. The summed E-state index contributed by atoms with van der Waals surface area (Å²) in [5, 5.41) is 0. The molecule has 0 aliphatic rings. The first kappa shape index (κ1) is 7.89. The molecular weight excluding hydrogens is 120 g/mol. The number of carbonyl (C=O) groups excluding carboxylic acids is 1. The first-order valence-electron chi connectivity index (χ1n) is 2.47. The second-order valence-electron chi connectivity index (χ2n) is 1.93. The van der Waals surface area contributed by atoms with Crippen molar-refractivity contribution in [1.29, 1.82) is 0 Å². The summed E-state index contributed by atoms with van der Waals surface area (Å²) >= 11 is 0. The highest BCUT2D eigenvalue weighted by Crippen LogP contribution is 2.01. The van der Waals surface area contributed by atoms with Crippen LogP contribution in [0.15, 0.2) is 0 Å². The van der Waals surface area contributed by atoms with Gasteiger partial charge >= 0.3 is 0 Å². The Morgan fingerprint density at radius 1 is 1.25 bits per heavy atom. The molecule has 0 aromatic rings. The molecule has 0 saturated heterocycles. The number of hydrogen-bond acceptors (Lipinski definition) is 1. The lowest BCUT2D eigenvalue weighted by atomic mass is 10.4. The molecule has 0 aromatic heterocycles. The Kier molecular flexibility index (Phi) is 2.98. The molecular formula is C6H12OS. The predicted octanol–water partition coefficient (Wildman–Crippen LogP) is 1.30. The fourth-order valence-corrected chi connectivity index (χ4v) is 0.862. The third-order valence-corrected chi connectivity index (χ3v) is 2.62. The minimum Gasteiger partial charge on any atom is -0.294 e. The first-order chi connectivity index (χ1) is 3.55. The van der Waals surface area contributed by atoms with Gasteiger partial charge in [0.15, 0.2) is 5.78 Å². The highest BCUT2D eigenvalue weighted by Gasteiger charge is 1.94. The van der Waals surface area contributed by atoms with Crippen LogP contribution in [0.4, 0.5) is 0 Å². The summed E-state index contributed by atoms with van der Waals surface area (Å²) in [5.74, 6) is 0.221. The highest BCUT2D eigenvalue weighted by atomic mass is 32.2. The lowest BCUT2D eigenvalue weighted by molar-refractivity contribution is -0.110. The molecule has 0 rings (SSSR count). The Bertz CT molecular complexity index is 131. The Morgan fingerprint density at radius 2 is 1.62 bits per heavy atom. The average molecular weight is 132 g/mol. The van der Waals surface area contributed by atoms with E-state index in [9.17, 15) is 4.79 Å². The van der Waals surface area contributed by atoms with E-state index < -0.39 is 0 Å². The van der Waals surface area contributed by atoms with Crippen molar-refractivity contribution in [3.63, 3.8) is 0 Å². The standard InChI is InChI=1S/C6H12OS/c1-5(7)6(2)8(3)4/h1-4H3. The van der Waals surface area contributed by atoms with Crippen LogP contribution in [0, 0.1) is 0 Å². The van der Waals surface area contributed by atoms with E-state index in [-0.39, 0.29) is 16.3 Å². The van der Waals surface area contributed by atoms with Crippen LogP contribution in [-0.4, -0.2) is 23.2 Å². The zero-order valence-corrected chi connectivity index (χ0v) is 6.63. The third kappa shape index (κ3) is 2.26. The Hall–Kier alpha value is -0.110. The summed E-state index contributed by atoms with van der Waals surface area (Å²) in [4.78, 5) is 11.5. The van der Waals surface area contributed by atoms with Crippen molar-refractivity contribution in [1.82, 2.24) is 0 Å². The van der Waals surface area contributed by atoms with Crippen molar-refractivity contribution in [2.45, 2.75) is 13.8 Å². The third-order valence-electron chi connectivity index (χ3n) is 1.11. The van der Waals surface area contributed by atoms with Crippen molar-refractivity contribution in [3.05, 3.63) is 0 Å². The van der Waals surface area contributed by atoms with Crippen LogP contribution >= 0.6 is 10.5 Å². The summed E-state index contributed by atoms with van der Waals surface area (Å²) in [5.41, 5.74) is 0. The lowest BCUT2D eigenvalue weighted by Crippen LogP contribution is -2.03. The Labute approximate surface area is 53.0 Å². The second-order valence-corrected chi connectivity index (χ2v) is 4.17. The van der Waals surface area contributed by atoms with Gasteiger partial charge in [0.2, 0.25) is 0 Å². The molecule has 0 radical (unpaired) electrons. The van der Waals surface area contributed by atoms with E-state index in [0.29, 0.717) is 0 Å². The van der Waals surface area contributed by atoms with Gasteiger partial charge in [0.05, 0.1) is 0 Å². The van der Waals surface area contributed by atoms with Gasteiger partial charge in [-0.2, -0.15) is 10.5 Å². The molecule has 0 bridgehead atoms. The smallest absolute Gasteiger partial charge is 0.160 e. The normalized spacial score (nSPS) is 9.62. The van der Waals surface area contributed by atoms with Gasteiger partial charge in [-0.1, -0.05) is 0 Å². The minimum absolute atomic E-state index is 0.177. The Balaban J connectivity index is 4.23. The molecule has 0 atom stereocenters. The number of ketones is 1. The maximum atomic E-state index is 10.6. The number of Topliss-reactive ketones (excluding diaryl/α,β-unsaturated/α-hetero) is 1. The molecule has 8 heavy (non-hydrogen) atoms. The topological polar surface area (TPSA) is 17.1 Å². The molecule has 0 fully saturated rings. The molecule has 48 valence electrons. The molecule has 0 heterocycles. The van der Waals surface area contributed by atoms with Crippen molar-refractivity contribution < 1.29 is 4.79 Å². The summed E-state index contributed by atoms with van der Waals surface area (Å²) in [7, 11) is 0.177. The molecule has 0 unspecified atom stereocenters. The van der Waals surface area contributed by atoms with Gasteiger partial charge in [-0.15, -0.1) is 0 Å². The van der Waals surface area contributed by atoms with Crippen LogP contribution in [0.2, 0.25) is 0 Å². The van der Waals surface area contributed by atoms with E-state index in [4.69, 9.17) is 0 Å². The SMILES string of the molecule is CC(=O)C(C)=S(C)C. The molecule has 0 aliphatic carbocycles. The van der Waals surface area contributed by atoms with E-state index in [0.717, 1.165) is 4.86 Å². The van der Waals surface area contributed by atoms with Crippen LogP contribution in [0.5, 0.6) is 0 Å². The largest absolute Gasteiger partial charge is 0.294 e. The maximum Gasteiger partial charge on any atom is 0.160 e. The van der Waals surface area contributed by atoms with Gasteiger partial charge in [-0.05, 0) is 26.4 Å². The molecule has 0 aromatic carbocycles. The van der Waals surface area contributed by atoms with E-state index in [1.54, 1.807) is 6.92 Å². The molecule has 0 N–H and O–H groups in total. The number of rotatable bonds is 1. The van der Waals surface area contributed by atoms with Gasteiger partial charge < -0.3 is 0 Å². The molecule has 1 nitrogen and oxygen atoms in total. The summed E-state index contributed by atoms with van der Waals surface area (Å²) in [6, 6.07) is 0. The van der Waals surface area contributed by atoms with Crippen molar-refractivity contribution >= 4 is 21.1 Å². The number of hydrogen-bond donors (Lipinski definition) is 0. The summed E-state index contributed by atoms with van der Waals surface area (Å²) in [6.45, 7) is 3.51. The quantitative estimate of drug-likeness (QED) is 0.491. The van der Waals surface area contributed by atoms with Gasteiger partial charge in [0.1, 0.15) is 0 Å². The van der Waals surface area contributed by atoms with Gasteiger partial charge in [0, 0.05) is 4.86 Å². The van der Waals surface area contributed by atoms with Gasteiger partial charge in [0.25, 0.3) is 0 Å². The van der Waals surface area contributed by atoms with Crippen molar-refractivity contribution in [3.8, 4) is 0 Å². The van der Waals surface area contributed by atoms with Gasteiger partial charge in [-0.25, -0.2) is 0 Å². The van der Waals surface area contributed by atoms with E-state index in [1.165, 1.54) is 0 Å². The van der Waals surface area contributed by atoms with Crippen LogP contribution in [-0.2, 0) is 4.79 Å². The zero-order chi connectivity index (χ0) is 6.73. The Morgan fingerprint density at radius 3 is 1.62 bits per heavy atom. The van der Waals surface area contributed by atoms with Gasteiger partial charge in [-0.3, -0.25) is 4.79 Å². The summed E-state index contributed by atoms with van der Waals surface area (Å²) in [6.07, 6.45) is 4.10. The van der Waals surface area contributed by atoms with Crippen molar-refractivity contribution in [2.24, 2.45) is 0 Å². The molecule has 0 amide bonds. The summed E-state index contributed by atoms with van der Waals surface area (Å²) < 4.78 is 0. The van der Waals surface area contributed by atoms with Crippen LogP contribution in [0.3, 0.4) is 0 Å². The molecule has 0 aliphatic heterocycles. The molecule has 0 spiro atoms. The fraction of sp³-hybridized carbons (Fsp3) is 0.667. The monoisotopic (exact) mass is 132 g/mol. The minimum atomic E-state index is 0.177. The molecule has 0 saturated carbocycles. The van der Waals surface area contributed by atoms with E-state index >= 15 is 0 Å². The number of carbonyl (C=O) groups is 1. The first-order valence-corrected chi connectivity index (χ1v) is 4.52. The van der Waals surface area contributed by atoms with Crippen molar-refractivity contribution in [2.75, 3.05) is 12.5 Å². The predicted molar refractivity (Wildman–Crippen MR) is 40.8 cm³/mol. The van der Waals surface area contributed by atoms with Crippen LogP contribution in [0.1, 0.15) is 13.8 Å². The van der Waals surface area contributed by atoms with E-state index in [1.807, 2.05) is 6.92 Å². The highest BCUT2D eigenvalue weighted by molar-refractivity contribution is 8.15. The average Bonchev–Trinajstić information content (AvgIpc) is 1.64.